The summed E-state index contributed by atoms with van der Waals surface area (Å²) in [7, 11) is 0. The quantitative estimate of drug-likeness (QED) is 0.394. The molecule has 4 aromatic rings. The first-order valence-corrected chi connectivity index (χ1v) is 9.43. The van der Waals surface area contributed by atoms with Crippen LogP contribution in [0.2, 0.25) is 0 Å². The maximum atomic E-state index is 7.98. The molecule has 2 unspecified atom stereocenters. The summed E-state index contributed by atoms with van der Waals surface area (Å²) in [5.41, 5.74) is 4.78. The molecule has 4 rings (SSSR count). The summed E-state index contributed by atoms with van der Waals surface area (Å²) < 4.78 is 73.3. The maximum Gasteiger partial charge on any atom is 0.119 e. The topological polar surface area (TPSA) is 49.2 Å². The fraction of sp³-hybridized carbons (Fsp3) is 0.280. The van der Waals surface area contributed by atoms with E-state index >= 15 is 0 Å². The van der Waals surface area contributed by atoms with Gasteiger partial charge in [-0.3, -0.25) is 0 Å². The normalized spacial score (nSPS) is 20.1. The molecule has 5 nitrogen and oxygen atoms in total. The molecular formula is C25H27N3O2. The lowest BCUT2D eigenvalue weighted by molar-refractivity contribution is 0.242. The van der Waals surface area contributed by atoms with Crippen LogP contribution in [0.4, 0.5) is 0 Å². The minimum absolute atomic E-state index is 0.243. The van der Waals surface area contributed by atoms with Crippen LogP contribution in [0.3, 0.4) is 0 Å². The van der Waals surface area contributed by atoms with Crippen LogP contribution in [0.1, 0.15) is 44.1 Å². The van der Waals surface area contributed by atoms with E-state index in [0.717, 1.165) is 22.2 Å². The number of benzene rings is 3. The van der Waals surface area contributed by atoms with Crippen molar-refractivity contribution in [2.24, 2.45) is 0 Å². The van der Waals surface area contributed by atoms with Crippen molar-refractivity contribution >= 4 is 11.0 Å². The molecule has 0 saturated heterocycles. The molecule has 5 heteroatoms. The second-order valence-electron chi connectivity index (χ2n) is 6.99. The van der Waals surface area contributed by atoms with Gasteiger partial charge in [0.25, 0.3) is 0 Å². The number of hydrogen-bond acceptors (Lipinski definition) is 4. The van der Waals surface area contributed by atoms with Gasteiger partial charge >= 0.3 is 0 Å². The Labute approximate surface area is 188 Å². The lowest BCUT2D eigenvalue weighted by Crippen LogP contribution is -2.05. The molecular weight excluding hydrogens is 374 g/mol. The third-order valence-corrected chi connectivity index (χ3v) is 4.58. The molecule has 0 fully saturated rings. The van der Waals surface area contributed by atoms with Crippen molar-refractivity contribution in [3.8, 4) is 28.3 Å². The van der Waals surface area contributed by atoms with Gasteiger partial charge in [-0.05, 0) is 99.7 Å². The van der Waals surface area contributed by atoms with E-state index in [1.165, 1.54) is 13.8 Å². The number of rotatable bonds is 6. The smallest absolute Gasteiger partial charge is 0.119 e. The Bertz CT molecular complexity index is 1440. The van der Waals surface area contributed by atoms with Crippen molar-refractivity contribution in [2.45, 2.75) is 46.6 Å². The van der Waals surface area contributed by atoms with Gasteiger partial charge in [-0.2, -0.15) is 0 Å². The summed E-state index contributed by atoms with van der Waals surface area (Å²) in [5, 5.41) is 8.53. The van der Waals surface area contributed by atoms with E-state index < -0.39 is 25.9 Å². The monoisotopic (exact) mass is 409 g/mol. The number of hydrogen-bond donors (Lipinski definition) is 0. The first-order chi connectivity index (χ1) is 17.5. The minimum Gasteiger partial charge on any atom is -0.491 e. The zero-order chi connectivity index (χ0) is 28.1. The molecule has 0 radical (unpaired) electrons. The van der Waals surface area contributed by atoms with Gasteiger partial charge in [0.2, 0.25) is 0 Å². The molecule has 0 spiro atoms. The highest BCUT2D eigenvalue weighted by atomic mass is 16.5. The Morgan fingerprint density at radius 2 is 1.50 bits per heavy atom. The van der Waals surface area contributed by atoms with Gasteiger partial charge in [0, 0.05) is 8.22 Å². The Morgan fingerprint density at radius 1 is 0.900 bits per heavy atom. The van der Waals surface area contributed by atoms with E-state index in [2.05, 4.69) is 10.3 Å². The Hall–Kier alpha value is -3.34. The van der Waals surface area contributed by atoms with Gasteiger partial charge in [0.1, 0.15) is 17.0 Å². The molecule has 30 heavy (non-hydrogen) atoms. The van der Waals surface area contributed by atoms with Crippen molar-refractivity contribution in [2.75, 3.05) is 0 Å². The third-order valence-electron chi connectivity index (χ3n) is 4.58. The van der Waals surface area contributed by atoms with Crippen molar-refractivity contribution in [3.05, 3.63) is 66.2 Å². The summed E-state index contributed by atoms with van der Waals surface area (Å²) in [5.74, 6) is 0.519. The molecule has 0 aliphatic rings. The summed E-state index contributed by atoms with van der Waals surface area (Å²) in [6, 6.07) is 17.3. The third kappa shape index (κ3) is 4.15. The second-order valence-corrected chi connectivity index (χ2v) is 6.99. The van der Waals surface area contributed by atoms with Crippen molar-refractivity contribution in [3.63, 3.8) is 0 Å². The van der Waals surface area contributed by atoms with Crippen molar-refractivity contribution < 1.29 is 20.4 Å². The summed E-state index contributed by atoms with van der Waals surface area (Å²) in [6.45, 7) is -0.858. The average Bonchev–Trinajstić information content (AvgIpc) is 3.20. The number of fused-ring (bicyclic) bond motifs is 1. The Kier molecular flexibility index (Phi) is 3.38. The van der Waals surface area contributed by atoms with E-state index in [0.29, 0.717) is 11.2 Å². The largest absolute Gasteiger partial charge is 0.491 e. The fourth-order valence-corrected chi connectivity index (χ4v) is 3.29. The first kappa shape index (κ1) is 12.4. The van der Waals surface area contributed by atoms with E-state index in [9.17, 15) is 0 Å². The molecule has 3 aromatic carbocycles. The SMILES string of the molecule is [2H]C([2H])([2H])C([2H])(C)Oc1ccc(-c2cc3c(cc2C)nnn3-c2ccc(OC([2H])(C)C([2H])([2H])[2H])cc2)cc1. The average molecular weight is 410 g/mol. The molecule has 0 aliphatic carbocycles. The van der Waals surface area contributed by atoms with E-state index in [-0.39, 0.29) is 11.5 Å². The highest BCUT2D eigenvalue weighted by Crippen LogP contribution is 2.30. The molecule has 1 aromatic heterocycles. The van der Waals surface area contributed by atoms with Gasteiger partial charge in [0.05, 0.1) is 26.1 Å². The van der Waals surface area contributed by atoms with Crippen LogP contribution in [-0.4, -0.2) is 27.2 Å². The van der Waals surface area contributed by atoms with Crippen LogP contribution >= 0.6 is 0 Å². The Morgan fingerprint density at radius 3 is 2.10 bits per heavy atom. The lowest BCUT2D eigenvalue weighted by atomic mass is 9.99. The maximum absolute atomic E-state index is 7.98. The minimum atomic E-state index is -2.61. The fourth-order valence-electron chi connectivity index (χ4n) is 3.29. The van der Waals surface area contributed by atoms with Crippen molar-refractivity contribution in [1.29, 1.82) is 0 Å². The van der Waals surface area contributed by atoms with Gasteiger partial charge in [-0.25, -0.2) is 4.68 Å². The Balaban J connectivity index is 1.63. The summed E-state index contributed by atoms with van der Waals surface area (Å²) in [6.07, 6.45) is -4.17. The number of aryl methyl sites for hydroxylation is 1. The van der Waals surface area contributed by atoms with Crippen LogP contribution < -0.4 is 9.47 Å². The van der Waals surface area contributed by atoms with Gasteiger partial charge in [0.15, 0.2) is 0 Å². The van der Waals surface area contributed by atoms with Crippen molar-refractivity contribution in [1.82, 2.24) is 15.0 Å². The van der Waals surface area contributed by atoms with Gasteiger partial charge in [-0.15, -0.1) is 5.10 Å². The molecule has 2 atom stereocenters. The molecule has 0 saturated carbocycles. The van der Waals surface area contributed by atoms with E-state index in [1.54, 1.807) is 53.2 Å². The molecule has 0 N–H and O–H groups in total. The zero-order valence-electron chi connectivity index (χ0n) is 24.9. The summed E-state index contributed by atoms with van der Waals surface area (Å²) >= 11 is 0. The van der Waals surface area contributed by atoms with Crippen LogP contribution in [0.15, 0.2) is 60.7 Å². The molecule has 0 bridgehead atoms. The standard InChI is InChI=1S/C25H27N3O2/c1-16(2)29-21-10-6-19(7-11-21)23-15-25-24(14-18(23)5)26-27-28(25)20-8-12-22(13-9-20)30-17(3)4/h6-17H,1-5H3/i1D3,3D3,16D,17D. The van der Waals surface area contributed by atoms with Crippen LogP contribution in [0.5, 0.6) is 11.5 Å². The lowest BCUT2D eigenvalue weighted by Gasteiger charge is -2.12. The highest BCUT2D eigenvalue weighted by Gasteiger charge is 2.12. The summed E-state index contributed by atoms with van der Waals surface area (Å²) in [4.78, 5) is 0. The second kappa shape index (κ2) is 8.19. The van der Waals surface area contributed by atoms with Crippen LogP contribution in [-0.2, 0) is 0 Å². The molecule has 1 heterocycles. The predicted octanol–water partition coefficient (Wildman–Crippen LogP) is 5.97. The van der Waals surface area contributed by atoms with E-state index in [1.807, 2.05) is 19.1 Å². The number of nitrogens with zero attached hydrogens (tertiary/aromatic N) is 3. The van der Waals surface area contributed by atoms with E-state index in [4.69, 9.17) is 20.4 Å². The number of ether oxygens (including phenoxy) is 2. The zero-order valence-corrected chi connectivity index (χ0v) is 16.9. The molecule has 0 aliphatic heterocycles. The molecule has 0 amide bonds. The first-order valence-electron chi connectivity index (χ1n) is 13.4. The predicted molar refractivity (Wildman–Crippen MR) is 121 cm³/mol. The van der Waals surface area contributed by atoms with Crippen LogP contribution in [0.25, 0.3) is 27.8 Å². The molecule has 154 valence electrons. The highest BCUT2D eigenvalue weighted by molar-refractivity contribution is 5.85. The van der Waals surface area contributed by atoms with Crippen LogP contribution in [0, 0.1) is 6.92 Å². The number of aromatic nitrogens is 3. The van der Waals surface area contributed by atoms with Gasteiger partial charge < -0.3 is 9.47 Å². The van der Waals surface area contributed by atoms with Gasteiger partial charge in [-0.1, -0.05) is 17.3 Å².